The van der Waals surface area contributed by atoms with Crippen LogP contribution in [-0.2, 0) is 6.54 Å². The van der Waals surface area contributed by atoms with Crippen LogP contribution in [0.3, 0.4) is 0 Å². The minimum absolute atomic E-state index is 0.0566. The van der Waals surface area contributed by atoms with Gasteiger partial charge in [-0.3, -0.25) is 9.36 Å². The molecule has 0 aromatic carbocycles. The fourth-order valence-electron chi connectivity index (χ4n) is 1.63. The molecule has 0 amide bonds. The molecule has 0 saturated heterocycles. The van der Waals surface area contributed by atoms with Crippen LogP contribution >= 0.6 is 22.7 Å². The molecule has 0 bridgehead atoms. The number of nitriles is 2. The Morgan fingerprint density at radius 3 is 2.75 bits per heavy atom. The highest BCUT2D eigenvalue weighted by Gasteiger charge is 2.07. The quantitative estimate of drug-likeness (QED) is 0.799. The fourth-order valence-corrected chi connectivity index (χ4v) is 3.31. The third kappa shape index (κ3) is 2.62. The highest BCUT2D eigenvalue weighted by atomic mass is 32.1. The maximum atomic E-state index is 12.3. The van der Waals surface area contributed by atoms with Crippen molar-refractivity contribution in [3.63, 3.8) is 0 Å². The van der Waals surface area contributed by atoms with E-state index in [2.05, 4.69) is 6.58 Å². The molecule has 2 aromatic heterocycles. The molecule has 2 aromatic rings. The zero-order valence-electron chi connectivity index (χ0n) is 10.4. The van der Waals surface area contributed by atoms with E-state index >= 15 is 0 Å². The van der Waals surface area contributed by atoms with Crippen molar-refractivity contribution in [2.24, 2.45) is 0 Å². The first-order chi connectivity index (χ1) is 9.71. The monoisotopic (exact) mass is 299 g/mol. The molecule has 20 heavy (non-hydrogen) atoms. The second kappa shape index (κ2) is 6.16. The van der Waals surface area contributed by atoms with E-state index in [0.29, 0.717) is 9.20 Å². The Morgan fingerprint density at radius 2 is 2.20 bits per heavy atom. The normalized spacial score (nSPS) is 10.8. The molecule has 2 rings (SSSR count). The van der Waals surface area contributed by atoms with Gasteiger partial charge in [0.25, 0.3) is 5.56 Å². The standard InChI is InChI=1S/C14H9N3OS2/c1-2-4-17-13(18)12(6-10-3-5-19-9-10)20-14(17)11(7-15)8-16/h2-3,5-6,9H,1,4H2. The zero-order chi connectivity index (χ0) is 14.5. The molecule has 98 valence electrons. The molecule has 0 saturated carbocycles. The van der Waals surface area contributed by atoms with Gasteiger partial charge in [0.1, 0.15) is 16.8 Å². The average molecular weight is 299 g/mol. The Morgan fingerprint density at radius 1 is 1.45 bits per heavy atom. The van der Waals surface area contributed by atoms with Crippen molar-refractivity contribution in [1.29, 1.82) is 10.5 Å². The van der Waals surface area contributed by atoms with Crippen molar-refractivity contribution in [2.45, 2.75) is 6.54 Å². The highest BCUT2D eigenvalue weighted by Crippen LogP contribution is 2.05. The lowest BCUT2D eigenvalue weighted by atomic mass is 10.3. The Kier molecular flexibility index (Phi) is 4.31. The van der Waals surface area contributed by atoms with Gasteiger partial charge in [-0.25, -0.2) is 0 Å². The third-order valence-corrected chi connectivity index (χ3v) is 4.33. The van der Waals surface area contributed by atoms with Gasteiger partial charge in [0.15, 0.2) is 5.57 Å². The lowest BCUT2D eigenvalue weighted by Crippen LogP contribution is -2.31. The van der Waals surface area contributed by atoms with Crippen LogP contribution in [0.1, 0.15) is 5.56 Å². The first-order valence-corrected chi connectivity index (χ1v) is 7.36. The van der Waals surface area contributed by atoms with Gasteiger partial charge in [-0.2, -0.15) is 21.9 Å². The number of thiophene rings is 1. The summed E-state index contributed by atoms with van der Waals surface area (Å²) >= 11 is 2.69. The third-order valence-electron chi connectivity index (χ3n) is 2.50. The summed E-state index contributed by atoms with van der Waals surface area (Å²) in [5, 5.41) is 21.8. The summed E-state index contributed by atoms with van der Waals surface area (Å²) in [6, 6.07) is 5.56. The van der Waals surface area contributed by atoms with Crippen LogP contribution in [0.25, 0.3) is 11.6 Å². The molecule has 0 spiro atoms. The van der Waals surface area contributed by atoms with Crippen molar-refractivity contribution in [3.05, 3.63) is 54.6 Å². The van der Waals surface area contributed by atoms with Crippen LogP contribution in [0.5, 0.6) is 0 Å². The molecule has 4 nitrogen and oxygen atoms in total. The summed E-state index contributed by atoms with van der Waals surface area (Å²) in [6.45, 7) is 3.87. The molecule has 0 aliphatic heterocycles. The molecular formula is C14H9N3OS2. The second-order valence-corrected chi connectivity index (χ2v) is 5.59. The number of rotatable bonds is 3. The molecule has 0 unspecified atom stereocenters. The van der Waals surface area contributed by atoms with E-state index in [1.54, 1.807) is 12.2 Å². The van der Waals surface area contributed by atoms with Crippen LogP contribution in [0, 0.1) is 22.7 Å². The van der Waals surface area contributed by atoms with E-state index in [1.807, 2.05) is 29.0 Å². The van der Waals surface area contributed by atoms with Crippen LogP contribution in [0.4, 0.5) is 0 Å². The molecule has 0 radical (unpaired) electrons. The predicted octanol–water partition coefficient (Wildman–Crippen LogP) is 1.18. The maximum Gasteiger partial charge on any atom is 0.269 e. The van der Waals surface area contributed by atoms with E-state index in [4.69, 9.17) is 10.5 Å². The van der Waals surface area contributed by atoms with Crippen molar-refractivity contribution >= 4 is 34.3 Å². The van der Waals surface area contributed by atoms with Crippen LogP contribution in [0.15, 0.2) is 34.3 Å². The Labute approximate surface area is 123 Å². The van der Waals surface area contributed by atoms with Gasteiger partial charge in [-0.15, -0.1) is 17.9 Å². The van der Waals surface area contributed by atoms with Gasteiger partial charge in [-0.1, -0.05) is 6.08 Å². The summed E-state index contributed by atoms with van der Waals surface area (Å²) in [4.78, 5) is 12.3. The van der Waals surface area contributed by atoms with Crippen LogP contribution in [-0.4, -0.2) is 4.57 Å². The first kappa shape index (κ1) is 14.0. The first-order valence-electron chi connectivity index (χ1n) is 5.60. The minimum Gasteiger partial charge on any atom is -0.293 e. The van der Waals surface area contributed by atoms with E-state index in [9.17, 15) is 4.79 Å². The van der Waals surface area contributed by atoms with Crippen molar-refractivity contribution in [2.75, 3.05) is 0 Å². The zero-order valence-corrected chi connectivity index (χ0v) is 12.0. The molecule has 6 heteroatoms. The van der Waals surface area contributed by atoms with E-state index in [1.165, 1.54) is 15.9 Å². The SMILES string of the molecule is C=CCn1c(=C(C#N)C#N)sc(=Cc2ccsc2)c1=O. The van der Waals surface area contributed by atoms with Crippen molar-refractivity contribution in [1.82, 2.24) is 4.57 Å². The molecular weight excluding hydrogens is 290 g/mol. The minimum atomic E-state index is -0.209. The molecule has 0 N–H and O–H groups in total. The largest absolute Gasteiger partial charge is 0.293 e. The van der Waals surface area contributed by atoms with Crippen molar-refractivity contribution in [3.8, 4) is 12.1 Å². The molecule has 0 aliphatic rings. The van der Waals surface area contributed by atoms with E-state index in [-0.39, 0.29) is 17.7 Å². The number of hydrogen-bond acceptors (Lipinski definition) is 5. The summed E-state index contributed by atoms with van der Waals surface area (Å²) in [7, 11) is 0. The van der Waals surface area contributed by atoms with Gasteiger partial charge in [0.05, 0.1) is 4.53 Å². The molecule has 0 fully saturated rings. The van der Waals surface area contributed by atoms with E-state index in [0.717, 1.165) is 16.9 Å². The molecule has 2 heterocycles. The fraction of sp³-hybridized carbons (Fsp3) is 0.0714. The summed E-state index contributed by atoms with van der Waals surface area (Å²) in [5.41, 5.74) is 0.666. The lowest BCUT2D eigenvalue weighted by molar-refractivity contribution is 0.775. The second-order valence-electron chi connectivity index (χ2n) is 3.78. The Hall–Kier alpha value is -2.41. The topological polar surface area (TPSA) is 69.6 Å². The van der Waals surface area contributed by atoms with Gasteiger partial charge >= 0.3 is 0 Å². The average Bonchev–Trinajstić information content (AvgIpc) is 3.05. The number of nitrogens with zero attached hydrogens (tertiary/aromatic N) is 3. The van der Waals surface area contributed by atoms with Crippen LogP contribution in [0.2, 0.25) is 0 Å². The number of allylic oxidation sites excluding steroid dienone is 1. The number of aromatic nitrogens is 1. The van der Waals surface area contributed by atoms with Crippen molar-refractivity contribution < 1.29 is 0 Å². The van der Waals surface area contributed by atoms with Gasteiger partial charge in [0, 0.05) is 6.54 Å². The predicted molar refractivity (Wildman–Crippen MR) is 80.5 cm³/mol. The maximum absolute atomic E-state index is 12.3. The Balaban J connectivity index is 2.84. The summed E-state index contributed by atoms with van der Waals surface area (Å²) in [5.74, 6) is 0. The lowest BCUT2D eigenvalue weighted by Gasteiger charge is -1.94. The van der Waals surface area contributed by atoms with Crippen LogP contribution < -0.4 is 14.8 Å². The summed E-state index contributed by atoms with van der Waals surface area (Å²) < 4.78 is 2.28. The molecule has 0 atom stereocenters. The highest BCUT2D eigenvalue weighted by molar-refractivity contribution is 7.08. The Bertz CT molecular complexity index is 870. The van der Waals surface area contributed by atoms with Gasteiger partial charge in [0.2, 0.25) is 0 Å². The molecule has 0 aliphatic carbocycles. The van der Waals surface area contributed by atoms with E-state index < -0.39 is 0 Å². The van der Waals surface area contributed by atoms with Gasteiger partial charge in [-0.05, 0) is 28.5 Å². The number of thiazole rings is 1. The van der Waals surface area contributed by atoms with Gasteiger partial charge < -0.3 is 0 Å². The smallest absolute Gasteiger partial charge is 0.269 e. The number of hydrogen-bond donors (Lipinski definition) is 0. The summed E-state index contributed by atoms with van der Waals surface area (Å²) in [6.07, 6.45) is 3.33.